The fourth-order valence-corrected chi connectivity index (χ4v) is 3.52. The first-order valence-electron chi connectivity index (χ1n) is 6.61. The highest BCUT2D eigenvalue weighted by molar-refractivity contribution is 5.92. The number of aliphatic imine (C=N–C) groups is 1. The second-order valence-corrected chi connectivity index (χ2v) is 5.28. The maximum atomic E-state index is 11.1. The fourth-order valence-electron chi connectivity index (χ4n) is 3.52. The van der Waals surface area contributed by atoms with Gasteiger partial charge in [0, 0.05) is 29.2 Å². The normalized spacial score (nSPS) is 27.1. The molecule has 1 fully saturated rings. The highest BCUT2D eigenvalue weighted by atomic mass is 16.6. The molecule has 0 radical (unpaired) electrons. The van der Waals surface area contributed by atoms with Gasteiger partial charge in [0.1, 0.15) is 6.73 Å². The van der Waals surface area contributed by atoms with Gasteiger partial charge in [0.2, 0.25) is 0 Å². The standard InChI is InChI=1S/C14H16N2O3/c17-8-15-14-10-4-5-11(14)7-12-9(6-10)2-1-3-13(12)16(18)19/h1-3,10-11,17H,4-8H2. The number of benzene rings is 1. The van der Waals surface area contributed by atoms with Gasteiger partial charge in [-0.2, -0.15) is 0 Å². The van der Waals surface area contributed by atoms with Crippen LogP contribution in [0.5, 0.6) is 0 Å². The molecule has 1 N–H and O–H groups in total. The highest BCUT2D eigenvalue weighted by Crippen LogP contribution is 2.40. The average Bonchev–Trinajstić information content (AvgIpc) is 2.65. The predicted octanol–water partition coefficient (Wildman–Crippen LogP) is 2.11. The summed E-state index contributed by atoms with van der Waals surface area (Å²) in [6, 6.07) is 5.33. The molecule has 1 aromatic rings. The quantitative estimate of drug-likeness (QED) is 0.653. The number of aliphatic hydroxyl groups is 1. The van der Waals surface area contributed by atoms with Crippen LogP contribution in [0.4, 0.5) is 5.69 Å². The van der Waals surface area contributed by atoms with Crippen LogP contribution in [-0.2, 0) is 12.8 Å². The van der Waals surface area contributed by atoms with E-state index in [9.17, 15) is 10.1 Å². The SMILES string of the molecule is O=[N+]([O-])c1cccc2c1CC1CCC(C2)C1=NCO. The van der Waals surface area contributed by atoms with Gasteiger partial charge in [0.15, 0.2) is 0 Å². The van der Waals surface area contributed by atoms with Crippen molar-refractivity contribution < 1.29 is 10.0 Å². The first-order chi connectivity index (χ1) is 9.20. The maximum absolute atomic E-state index is 11.1. The average molecular weight is 260 g/mol. The van der Waals surface area contributed by atoms with Gasteiger partial charge in [-0.25, -0.2) is 0 Å². The number of nitrogens with zero attached hydrogens (tertiary/aromatic N) is 2. The van der Waals surface area contributed by atoms with Crippen molar-refractivity contribution in [2.45, 2.75) is 25.7 Å². The lowest BCUT2D eigenvalue weighted by molar-refractivity contribution is -0.385. The largest absolute Gasteiger partial charge is 0.375 e. The molecule has 0 heterocycles. The monoisotopic (exact) mass is 260 g/mol. The van der Waals surface area contributed by atoms with Crippen LogP contribution in [0.2, 0.25) is 0 Å². The molecule has 0 aliphatic heterocycles. The number of hydrogen-bond donors (Lipinski definition) is 1. The van der Waals surface area contributed by atoms with E-state index in [1.165, 1.54) is 0 Å². The van der Waals surface area contributed by atoms with Crippen molar-refractivity contribution >= 4 is 11.4 Å². The van der Waals surface area contributed by atoms with Crippen LogP contribution in [0.1, 0.15) is 24.0 Å². The Hall–Kier alpha value is -1.75. The molecular formula is C14H16N2O3. The number of nitro benzene ring substituents is 1. The zero-order valence-corrected chi connectivity index (χ0v) is 10.6. The van der Waals surface area contributed by atoms with Gasteiger partial charge in [0.25, 0.3) is 5.69 Å². The molecule has 0 saturated heterocycles. The summed E-state index contributed by atoms with van der Waals surface area (Å²) in [7, 11) is 0. The lowest BCUT2D eigenvalue weighted by atomic mass is 9.92. The molecule has 2 atom stereocenters. The van der Waals surface area contributed by atoms with E-state index in [-0.39, 0.29) is 23.3 Å². The van der Waals surface area contributed by atoms with Crippen molar-refractivity contribution in [3.63, 3.8) is 0 Å². The minimum atomic E-state index is -0.291. The first kappa shape index (κ1) is 12.3. The van der Waals surface area contributed by atoms with Crippen molar-refractivity contribution in [3.05, 3.63) is 39.4 Å². The van der Waals surface area contributed by atoms with Crippen LogP contribution in [0.25, 0.3) is 0 Å². The zero-order chi connectivity index (χ0) is 13.4. The van der Waals surface area contributed by atoms with Crippen molar-refractivity contribution in [2.24, 2.45) is 16.8 Å². The van der Waals surface area contributed by atoms with Crippen LogP contribution < -0.4 is 0 Å². The Morgan fingerprint density at radius 1 is 1.32 bits per heavy atom. The van der Waals surface area contributed by atoms with Gasteiger partial charge in [-0.15, -0.1) is 0 Å². The van der Waals surface area contributed by atoms with Gasteiger partial charge < -0.3 is 5.11 Å². The number of aliphatic hydroxyl groups excluding tert-OH is 1. The number of nitro groups is 1. The summed E-state index contributed by atoms with van der Waals surface area (Å²) in [5.74, 6) is 0.611. The van der Waals surface area contributed by atoms with Gasteiger partial charge >= 0.3 is 0 Å². The minimum absolute atomic E-state index is 0.180. The molecule has 2 aliphatic carbocycles. The van der Waals surface area contributed by atoms with Crippen molar-refractivity contribution in [3.8, 4) is 0 Å². The smallest absolute Gasteiger partial charge is 0.272 e. The molecule has 2 bridgehead atoms. The molecule has 2 unspecified atom stereocenters. The Labute approximate surface area is 111 Å². The fraction of sp³-hybridized carbons (Fsp3) is 0.500. The maximum Gasteiger partial charge on any atom is 0.272 e. The molecule has 19 heavy (non-hydrogen) atoms. The highest BCUT2D eigenvalue weighted by Gasteiger charge is 2.37. The molecule has 0 spiro atoms. The van der Waals surface area contributed by atoms with E-state index in [4.69, 9.17) is 5.11 Å². The molecule has 2 aliphatic rings. The summed E-state index contributed by atoms with van der Waals surface area (Å²) in [6.07, 6.45) is 3.59. The Bertz CT molecular complexity index is 554. The number of fused-ring (bicyclic) bond motifs is 3. The Kier molecular flexibility index (Phi) is 3.06. The van der Waals surface area contributed by atoms with Crippen molar-refractivity contribution in [1.82, 2.24) is 0 Å². The Balaban J connectivity index is 2.06. The van der Waals surface area contributed by atoms with E-state index in [0.717, 1.165) is 36.1 Å². The molecule has 1 aromatic carbocycles. The molecule has 100 valence electrons. The number of hydrogen-bond acceptors (Lipinski definition) is 4. The summed E-state index contributed by atoms with van der Waals surface area (Å²) in [5.41, 5.74) is 3.23. The van der Waals surface area contributed by atoms with E-state index < -0.39 is 0 Å². The third-order valence-corrected chi connectivity index (χ3v) is 4.32. The third-order valence-electron chi connectivity index (χ3n) is 4.32. The van der Waals surface area contributed by atoms with Crippen LogP contribution in [0.3, 0.4) is 0 Å². The topological polar surface area (TPSA) is 75.7 Å². The lowest BCUT2D eigenvalue weighted by Gasteiger charge is -2.12. The van der Waals surface area contributed by atoms with Gasteiger partial charge in [0.05, 0.1) is 4.92 Å². The van der Waals surface area contributed by atoms with Crippen LogP contribution in [-0.4, -0.2) is 22.5 Å². The van der Waals surface area contributed by atoms with Crippen molar-refractivity contribution in [1.29, 1.82) is 0 Å². The van der Waals surface area contributed by atoms with Gasteiger partial charge in [-0.1, -0.05) is 12.1 Å². The molecular weight excluding hydrogens is 244 g/mol. The van der Waals surface area contributed by atoms with Crippen LogP contribution in [0.15, 0.2) is 23.2 Å². The van der Waals surface area contributed by atoms with Crippen LogP contribution >= 0.6 is 0 Å². The summed E-state index contributed by atoms with van der Waals surface area (Å²) >= 11 is 0. The molecule has 0 amide bonds. The van der Waals surface area contributed by atoms with E-state index >= 15 is 0 Å². The minimum Gasteiger partial charge on any atom is -0.375 e. The second kappa shape index (κ2) is 4.74. The predicted molar refractivity (Wildman–Crippen MR) is 71.2 cm³/mol. The second-order valence-electron chi connectivity index (χ2n) is 5.28. The van der Waals surface area contributed by atoms with Crippen LogP contribution in [0, 0.1) is 22.0 Å². The summed E-state index contributed by atoms with van der Waals surface area (Å²) in [4.78, 5) is 15.1. The third kappa shape index (κ3) is 2.04. The Morgan fingerprint density at radius 2 is 2.05 bits per heavy atom. The summed E-state index contributed by atoms with van der Waals surface area (Å²) in [6.45, 7) is -0.180. The zero-order valence-electron chi connectivity index (χ0n) is 10.6. The number of rotatable bonds is 2. The van der Waals surface area contributed by atoms with E-state index in [1.54, 1.807) is 12.1 Å². The van der Waals surface area contributed by atoms with Crippen molar-refractivity contribution in [2.75, 3.05) is 6.73 Å². The first-order valence-corrected chi connectivity index (χ1v) is 6.61. The summed E-state index contributed by atoms with van der Waals surface area (Å²) < 4.78 is 0. The van der Waals surface area contributed by atoms with E-state index in [0.29, 0.717) is 12.3 Å². The summed E-state index contributed by atoms with van der Waals surface area (Å²) in [5, 5.41) is 20.2. The molecule has 0 aromatic heterocycles. The molecule has 3 rings (SSSR count). The molecule has 1 saturated carbocycles. The van der Waals surface area contributed by atoms with E-state index in [1.807, 2.05) is 6.07 Å². The Morgan fingerprint density at radius 3 is 2.74 bits per heavy atom. The van der Waals surface area contributed by atoms with E-state index in [2.05, 4.69) is 4.99 Å². The molecule has 5 nitrogen and oxygen atoms in total. The van der Waals surface area contributed by atoms with Gasteiger partial charge in [-0.05, 0) is 31.2 Å². The molecule has 5 heteroatoms. The van der Waals surface area contributed by atoms with Gasteiger partial charge in [-0.3, -0.25) is 15.1 Å². The lowest BCUT2D eigenvalue weighted by Crippen LogP contribution is -2.15.